The van der Waals surface area contributed by atoms with E-state index in [1.807, 2.05) is 31.2 Å². The summed E-state index contributed by atoms with van der Waals surface area (Å²) in [6, 6.07) is 12.7. The average molecular weight is 301 g/mol. The maximum Gasteiger partial charge on any atom is 0.236 e. The van der Waals surface area contributed by atoms with E-state index >= 15 is 0 Å². The highest BCUT2D eigenvalue weighted by Gasteiger charge is 2.12. The van der Waals surface area contributed by atoms with Gasteiger partial charge in [-0.05, 0) is 30.7 Å². The first kappa shape index (κ1) is 13.6. The summed E-state index contributed by atoms with van der Waals surface area (Å²) in [6.07, 6.45) is 1.58. The van der Waals surface area contributed by atoms with E-state index in [1.165, 1.54) is 0 Å². The van der Waals surface area contributed by atoms with Crippen molar-refractivity contribution in [2.75, 3.05) is 4.72 Å². The Labute approximate surface area is 123 Å². The van der Waals surface area contributed by atoms with Gasteiger partial charge < -0.3 is 4.98 Å². The molecule has 0 fully saturated rings. The second-order valence-corrected chi connectivity index (χ2v) is 6.70. The number of aromatic amines is 1. The molecule has 1 aromatic heterocycles. The number of nitrogens with zero attached hydrogens (tertiary/aromatic N) is 1. The van der Waals surface area contributed by atoms with Crippen LogP contribution in [0.25, 0.3) is 11.0 Å². The Balaban J connectivity index is 1.80. The number of H-pyrrole nitrogens is 1. The molecule has 0 atom stereocenters. The summed E-state index contributed by atoms with van der Waals surface area (Å²) >= 11 is 0. The van der Waals surface area contributed by atoms with Crippen molar-refractivity contribution >= 4 is 26.7 Å². The zero-order chi connectivity index (χ0) is 14.9. The van der Waals surface area contributed by atoms with Crippen molar-refractivity contribution < 1.29 is 8.42 Å². The smallest absolute Gasteiger partial charge is 0.236 e. The van der Waals surface area contributed by atoms with Crippen LogP contribution in [0.5, 0.6) is 0 Å². The van der Waals surface area contributed by atoms with E-state index in [4.69, 9.17) is 0 Å². The largest absolute Gasteiger partial charge is 0.345 e. The molecule has 3 aromatic rings. The molecule has 0 amide bonds. The third kappa shape index (κ3) is 3.22. The molecule has 0 bridgehead atoms. The van der Waals surface area contributed by atoms with Gasteiger partial charge >= 0.3 is 0 Å². The predicted molar refractivity (Wildman–Crippen MR) is 83.5 cm³/mol. The molecule has 0 unspecified atom stereocenters. The molecule has 0 radical (unpaired) electrons. The predicted octanol–water partition coefficient (Wildman–Crippen LogP) is 2.81. The van der Waals surface area contributed by atoms with E-state index in [-0.39, 0.29) is 5.75 Å². The quantitative estimate of drug-likeness (QED) is 0.778. The minimum atomic E-state index is -3.44. The highest BCUT2D eigenvalue weighted by molar-refractivity contribution is 7.91. The lowest BCUT2D eigenvalue weighted by molar-refractivity contribution is 0.600. The summed E-state index contributed by atoms with van der Waals surface area (Å²) in [5, 5.41) is 0. The molecule has 6 heteroatoms. The van der Waals surface area contributed by atoms with Crippen LogP contribution in [0, 0.1) is 6.92 Å². The summed E-state index contributed by atoms with van der Waals surface area (Å²) < 4.78 is 27.0. The number of benzene rings is 2. The van der Waals surface area contributed by atoms with Gasteiger partial charge in [-0.15, -0.1) is 0 Å². The topological polar surface area (TPSA) is 74.8 Å². The molecule has 21 heavy (non-hydrogen) atoms. The zero-order valence-electron chi connectivity index (χ0n) is 11.5. The summed E-state index contributed by atoms with van der Waals surface area (Å²) in [6.45, 7) is 1.97. The summed E-state index contributed by atoms with van der Waals surface area (Å²) in [7, 11) is -3.44. The molecule has 0 aliphatic heterocycles. The Hall–Kier alpha value is -2.34. The van der Waals surface area contributed by atoms with Gasteiger partial charge in [-0.1, -0.05) is 29.8 Å². The monoisotopic (exact) mass is 301 g/mol. The van der Waals surface area contributed by atoms with E-state index in [0.29, 0.717) is 5.69 Å². The van der Waals surface area contributed by atoms with Crippen molar-refractivity contribution in [3.05, 3.63) is 59.9 Å². The summed E-state index contributed by atoms with van der Waals surface area (Å²) in [5.74, 6) is -0.0473. The average Bonchev–Trinajstić information content (AvgIpc) is 2.88. The van der Waals surface area contributed by atoms with Crippen LogP contribution in [0.15, 0.2) is 48.8 Å². The van der Waals surface area contributed by atoms with E-state index in [1.54, 1.807) is 24.5 Å². The molecule has 1 heterocycles. The number of aryl methyl sites for hydroxylation is 1. The van der Waals surface area contributed by atoms with Gasteiger partial charge in [0.2, 0.25) is 10.0 Å². The number of hydrogen-bond acceptors (Lipinski definition) is 3. The highest BCUT2D eigenvalue weighted by atomic mass is 32.2. The normalized spacial score (nSPS) is 11.7. The van der Waals surface area contributed by atoms with Crippen molar-refractivity contribution in [2.45, 2.75) is 12.7 Å². The van der Waals surface area contributed by atoms with Crippen LogP contribution in [0.3, 0.4) is 0 Å². The van der Waals surface area contributed by atoms with Crippen molar-refractivity contribution in [2.24, 2.45) is 0 Å². The second-order valence-electron chi connectivity index (χ2n) is 4.98. The van der Waals surface area contributed by atoms with E-state index in [2.05, 4.69) is 14.7 Å². The van der Waals surface area contributed by atoms with E-state index in [9.17, 15) is 8.42 Å². The van der Waals surface area contributed by atoms with Gasteiger partial charge in [-0.25, -0.2) is 13.4 Å². The fraction of sp³-hybridized carbons (Fsp3) is 0.133. The molecule has 5 nitrogen and oxygen atoms in total. The standard InChI is InChI=1S/C15H15N3O2S/c1-11-2-4-12(5-3-11)9-21(19,20)18-13-6-7-14-15(8-13)17-10-16-14/h2-8,10,18H,9H2,1H3,(H,16,17). The molecule has 2 aromatic carbocycles. The van der Waals surface area contributed by atoms with Gasteiger partial charge in [0.05, 0.1) is 28.8 Å². The number of hydrogen-bond donors (Lipinski definition) is 2. The Morgan fingerprint density at radius 2 is 1.90 bits per heavy atom. The number of rotatable bonds is 4. The van der Waals surface area contributed by atoms with Gasteiger partial charge in [-0.3, -0.25) is 4.72 Å². The zero-order valence-corrected chi connectivity index (χ0v) is 12.3. The number of aromatic nitrogens is 2. The van der Waals surface area contributed by atoms with Gasteiger partial charge in [-0.2, -0.15) is 0 Å². The minimum absolute atomic E-state index is 0.0473. The van der Waals surface area contributed by atoms with Gasteiger partial charge in [0.25, 0.3) is 0 Å². The maximum atomic E-state index is 12.2. The van der Waals surface area contributed by atoms with Gasteiger partial charge in [0, 0.05) is 0 Å². The van der Waals surface area contributed by atoms with Crippen molar-refractivity contribution in [3.63, 3.8) is 0 Å². The van der Waals surface area contributed by atoms with E-state index in [0.717, 1.165) is 22.2 Å². The number of imidazole rings is 1. The summed E-state index contributed by atoms with van der Waals surface area (Å²) in [5.41, 5.74) is 3.99. The van der Waals surface area contributed by atoms with Crippen LogP contribution in [0.2, 0.25) is 0 Å². The lowest BCUT2D eigenvalue weighted by atomic mass is 10.2. The first-order valence-corrected chi connectivity index (χ1v) is 8.16. The molecule has 0 saturated heterocycles. The number of nitrogens with one attached hydrogen (secondary N) is 2. The Morgan fingerprint density at radius 1 is 1.14 bits per heavy atom. The van der Waals surface area contributed by atoms with Crippen molar-refractivity contribution in [1.82, 2.24) is 9.97 Å². The first-order valence-electron chi connectivity index (χ1n) is 6.51. The van der Waals surface area contributed by atoms with Crippen LogP contribution in [0.4, 0.5) is 5.69 Å². The number of sulfonamides is 1. The third-order valence-electron chi connectivity index (χ3n) is 3.17. The summed E-state index contributed by atoms with van der Waals surface area (Å²) in [4.78, 5) is 7.06. The molecule has 108 valence electrons. The van der Waals surface area contributed by atoms with Crippen LogP contribution in [-0.2, 0) is 15.8 Å². The molecule has 0 spiro atoms. The number of anilines is 1. The molecular weight excluding hydrogens is 286 g/mol. The fourth-order valence-electron chi connectivity index (χ4n) is 2.12. The molecule has 3 rings (SSSR count). The highest BCUT2D eigenvalue weighted by Crippen LogP contribution is 2.18. The third-order valence-corrected chi connectivity index (χ3v) is 4.43. The minimum Gasteiger partial charge on any atom is -0.345 e. The van der Waals surface area contributed by atoms with Crippen LogP contribution < -0.4 is 4.72 Å². The van der Waals surface area contributed by atoms with Crippen molar-refractivity contribution in [1.29, 1.82) is 0 Å². The van der Waals surface area contributed by atoms with Crippen molar-refractivity contribution in [3.8, 4) is 0 Å². The Morgan fingerprint density at radius 3 is 2.67 bits per heavy atom. The Kier molecular flexibility index (Phi) is 3.39. The molecule has 0 aliphatic rings. The van der Waals surface area contributed by atoms with Crippen LogP contribution in [0.1, 0.15) is 11.1 Å². The first-order chi connectivity index (χ1) is 10.0. The van der Waals surface area contributed by atoms with Gasteiger partial charge in [0.1, 0.15) is 0 Å². The van der Waals surface area contributed by atoms with Crippen LogP contribution >= 0.6 is 0 Å². The van der Waals surface area contributed by atoms with Crippen LogP contribution in [-0.4, -0.2) is 18.4 Å². The lowest BCUT2D eigenvalue weighted by Gasteiger charge is -2.08. The molecule has 2 N–H and O–H groups in total. The SMILES string of the molecule is Cc1ccc(CS(=O)(=O)Nc2ccc3nc[nH]c3c2)cc1. The van der Waals surface area contributed by atoms with Gasteiger partial charge in [0.15, 0.2) is 0 Å². The molecular formula is C15H15N3O2S. The fourth-order valence-corrected chi connectivity index (χ4v) is 3.31. The van der Waals surface area contributed by atoms with E-state index < -0.39 is 10.0 Å². The Bertz CT molecular complexity index is 867. The number of fused-ring (bicyclic) bond motifs is 1. The molecule has 0 aliphatic carbocycles. The maximum absolute atomic E-state index is 12.2. The second kappa shape index (κ2) is 5.21. The molecule has 0 saturated carbocycles. The lowest BCUT2D eigenvalue weighted by Crippen LogP contribution is -2.15.